The Bertz CT molecular complexity index is 575. The predicted octanol–water partition coefficient (Wildman–Crippen LogP) is 4.64. The highest BCUT2D eigenvalue weighted by atomic mass is 79.9. The molecule has 0 radical (unpaired) electrons. The summed E-state index contributed by atoms with van der Waals surface area (Å²) in [5, 5.41) is 3.63. The van der Waals surface area contributed by atoms with Gasteiger partial charge in [-0.1, -0.05) is 22.0 Å². The van der Waals surface area contributed by atoms with Crippen molar-refractivity contribution in [3.05, 3.63) is 57.8 Å². The summed E-state index contributed by atoms with van der Waals surface area (Å²) in [4.78, 5) is 4.57. The molecule has 2 aromatic rings. The Morgan fingerprint density at radius 2 is 2.21 bits per heavy atom. The number of aromatic nitrogens is 1. The van der Waals surface area contributed by atoms with Crippen molar-refractivity contribution in [2.75, 3.05) is 5.32 Å². The number of halogens is 1. The van der Waals surface area contributed by atoms with Crippen molar-refractivity contribution >= 4 is 21.6 Å². The number of nitrogens with zero attached hydrogens (tertiary/aromatic N) is 1. The van der Waals surface area contributed by atoms with Crippen LogP contribution < -0.4 is 5.32 Å². The molecular weight excluding hydrogens is 300 g/mol. The van der Waals surface area contributed by atoms with Crippen LogP contribution in [0.3, 0.4) is 0 Å². The summed E-state index contributed by atoms with van der Waals surface area (Å²) in [6.45, 7) is 2.11. The predicted molar refractivity (Wildman–Crippen MR) is 82.4 cm³/mol. The Labute approximate surface area is 122 Å². The summed E-state index contributed by atoms with van der Waals surface area (Å²) in [7, 11) is 0. The molecule has 0 amide bonds. The third-order valence-corrected chi connectivity index (χ3v) is 4.04. The molecule has 0 spiro atoms. The van der Waals surface area contributed by atoms with Gasteiger partial charge in [0.1, 0.15) is 0 Å². The lowest BCUT2D eigenvalue weighted by molar-refractivity contribution is 0.583. The molecule has 0 fully saturated rings. The van der Waals surface area contributed by atoms with Crippen LogP contribution >= 0.6 is 15.9 Å². The number of nitrogens with one attached hydrogen (secondary N) is 1. The smallest absolute Gasteiger partial charge is 0.0688 e. The van der Waals surface area contributed by atoms with Crippen molar-refractivity contribution in [2.24, 2.45) is 0 Å². The molecule has 19 heavy (non-hydrogen) atoms. The summed E-state index contributed by atoms with van der Waals surface area (Å²) in [6.07, 6.45) is 5.42. The van der Waals surface area contributed by atoms with Gasteiger partial charge < -0.3 is 5.32 Å². The number of hydrogen-bond acceptors (Lipinski definition) is 2. The fourth-order valence-electron chi connectivity index (χ4n) is 2.77. The molecular formula is C16H17BrN2. The maximum Gasteiger partial charge on any atom is 0.0688 e. The molecule has 1 heterocycles. The van der Waals surface area contributed by atoms with Gasteiger partial charge in [0.15, 0.2) is 0 Å². The first-order valence-electron chi connectivity index (χ1n) is 6.70. The average Bonchev–Trinajstić information content (AvgIpc) is 2.38. The van der Waals surface area contributed by atoms with Gasteiger partial charge in [0.25, 0.3) is 0 Å². The summed E-state index contributed by atoms with van der Waals surface area (Å²) in [6, 6.07) is 11.0. The van der Waals surface area contributed by atoms with Gasteiger partial charge in [0.05, 0.1) is 11.7 Å². The molecule has 1 aromatic carbocycles. The van der Waals surface area contributed by atoms with Gasteiger partial charge in [0, 0.05) is 16.4 Å². The van der Waals surface area contributed by atoms with Crippen LogP contribution in [0.15, 0.2) is 41.0 Å². The second kappa shape index (κ2) is 5.33. The van der Waals surface area contributed by atoms with Gasteiger partial charge in [0.2, 0.25) is 0 Å². The molecule has 1 atom stereocenters. The normalized spacial score (nSPS) is 17.9. The molecule has 0 saturated carbocycles. The van der Waals surface area contributed by atoms with Gasteiger partial charge in [-0.15, -0.1) is 0 Å². The number of aryl methyl sites for hydroxylation is 2. The Balaban J connectivity index is 1.88. The van der Waals surface area contributed by atoms with Gasteiger partial charge in [-0.05, 0) is 61.6 Å². The molecule has 1 aliphatic carbocycles. The van der Waals surface area contributed by atoms with Crippen LogP contribution in [-0.4, -0.2) is 4.98 Å². The number of pyridine rings is 1. The topological polar surface area (TPSA) is 24.9 Å². The summed E-state index contributed by atoms with van der Waals surface area (Å²) in [5.41, 5.74) is 5.02. The number of hydrogen-bond donors (Lipinski definition) is 1. The maximum atomic E-state index is 4.57. The number of benzene rings is 1. The van der Waals surface area contributed by atoms with Crippen molar-refractivity contribution in [1.29, 1.82) is 0 Å². The van der Waals surface area contributed by atoms with Crippen LogP contribution in [0.25, 0.3) is 0 Å². The van der Waals surface area contributed by atoms with E-state index in [1.807, 2.05) is 12.3 Å². The fraction of sp³-hybridized carbons (Fsp3) is 0.312. The summed E-state index contributed by atoms with van der Waals surface area (Å²) < 4.78 is 1.12. The van der Waals surface area contributed by atoms with Crippen LogP contribution in [0.4, 0.5) is 5.69 Å². The third kappa shape index (κ3) is 2.81. The van der Waals surface area contributed by atoms with E-state index in [2.05, 4.69) is 57.4 Å². The van der Waals surface area contributed by atoms with Crippen LogP contribution in [0, 0.1) is 6.92 Å². The summed E-state index contributed by atoms with van der Waals surface area (Å²) >= 11 is 3.55. The molecule has 0 saturated heterocycles. The Kier molecular flexibility index (Phi) is 3.56. The van der Waals surface area contributed by atoms with Crippen molar-refractivity contribution < 1.29 is 0 Å². The first-order chi connectivity index (χ1) is 9.22. The minimum absolute atomic E-state index is 0.332. The molecule has 1 aromatic heterocycles. The van der Waals surface area contributed by atoms with Gasteiger partial charge >= 0.3 is 0 Å². The van der Waals surface area contributed by atoms with Crippen molar-refractivity contribution in [2.45, 2.75) is 32.2 Å². The zero-order chi connectivity index (χ0) is 13.2. The number of fused-ring (bicyclic) bond motifs is 1. The van der Waals surface area contributed by atoms with Crippen molar-refractivity contribution in [3.63, 3.8) is 0 Å². The maximum absolute atomic E-state index is 4.57. The van der Waals surface area contributed by atoms with Crippen LogP contribution in [0.1, 0.15) is 35.7 Å². The van der Waals surface area contributed by atoms with E-state index in [0.717, 1.165) is 23.0 Å². The average molecular weight is 317 g/mol. The van der Waals surface area contributed by atoms with E-state index in [1.165, 1.54) is 23.2 Å². The van der Waals surface area contributed by atoms with Gasteiger partial charge in [-0.2, -0.15) is 0 Å². The highest BCUT2D eigenvalue weighted by molar-refractivity contribution is 9.10. The van der Waals surface area contributed by atoms with Crippen molar-refractivity contribution in [3.8, 4) is 0 Å². The van der Waals surface area contributed by atoms with E-state index in [4.69, 9.17) is 0 Å². The van der Waals surface area contributed by atoms with E-state index in [1.54, 1.807) is 0 Å². The highest BCUT2D eigenvalue weighted by Crippen LogP contribution is 2.31. The Morgan fingerprint density at radius 3 is 3.05 bits per heavy atom. The quantitative estimate of drug-likeness (QED) is 0.872. The molecule has 3 heteroatoms. The second-order valence-electron chi connectivity index (χ2n) is 5.15. The first kappa shape index (κ1) is 12.7. The van der Waals surface area contributed by atoms with Crippen molar-refractivity contribution in [1.82, 2.24) is 4.98 Å². The molecule has 1 N–H and O–H groups in total. The molecule has 98 valence electrons. The Hall–Kier alpha value is -1.35. The number of anilines is 1. The Morgan fingerprint density at radius 1 is 1.32 bits per heavy atom. The van der Waals surface area contributed by atoms with Gasteiger partial charge in [-0.3, -0.25) is 4.98 Å². The van der Waals surface area contributed by atoms with E-state index in [0.29, 0.717) is 6.04 Å². The standard InChI is InChI=1S/C16H17BrN2/c1-11-8-13(17)10-14(9-11)19-15-6-2-4-12-5-3-7-18-16(12)15/h3,5,7-10,15,19H,2,4,6H2,1H3. The molecule has 2 nitrogen and oxygen atoms in total. The van der Waals surface area contributed by atoms with E-state index >= 15 is 0 Å². The number of rotatable bonds is 2. The lowest BCUT2D eigenvalue weighted by Crippen LogP contribution is -2.18. The van der Waals surface area contributed by atoms with Gasteiger partial charge in [-0.25, -0.2) is 0 Å². The second-order valence-corrected chi connectivity index (χ2v) is 6.07. The fourth-order valence-corrected chi connectivity index (χ4v) is 3.38. The summed E-state index contributed by atoms with van der Waals surface area (Å²) in [5.74, 6) is 0. The highest BCUT2D eigenvalue weighted by Gasteiger charge is 2.20. The monoisotopic (exact) mass is 316 g/mol. The van der Waals surface area contributed by atoms with E-state index < -0.39 is 0 Å². The molecule has 1 aliphatic rings. The van der Waals surface area contributed by atoms with Crippen LogP contribution in [0.2, 0.25) is 0 Å². The molecule has 1 unspecified atom stereocenters. The van der Waals surface area contributed by atoms with E-state index in [-0.39, 0.29) is 0 Å². The zero-order valence-electron chi connectivity index (χ0n) is 11.0. The SMILES string of the molecule is Cc1cc(Br)cc(NC2CCCc3cccnc32)c1. The zero-order valence-corrected chi connectivity index (χ0v) is 12.6. The first-order valence-corrected chi connectivity index (χ1v) is 7.49. The minimum Gasteiger partial charge on any atom is -0.377 e. The van der Waals surface area contributed by atoms with Crippen LogP contribution in [0.5, 0.6) is 0 Å². The van der Waals surface area contributed by atoms with E-state index in [9.17, 15) is 0 Å². The molecule has 3 rings (SSSR count). The van der Waals surface area contributed by atoms with Crippen LogP contribution in [-0.2, 0) is 6.42 Å². The largest absolute Gasteiger partial charge is 0.377 e. The third-order valence-electron chi connectivity index (χ3n) is 3.58. The molecule has 0 bridgehead atoms. The lowest BCUT2D eigenvalue weighted by Gasteiger charge is -2.26. The lowest BCUT2D eigenvalue weighted by atomic mass is 9.92. The minimum atomic E-state index is 0.332. The molecule has 0 aliphatic heterocycles.